The molecule has 0 heterocycles. The predicted molar refractivity (Wildman–Crippen MR) is 112 cm³/mol. The van der Waals surface area contributed by atoms with Gasteiger partial charge in [0.1, 0.15) is 11.6 Å². The molecule has 0 radical (unpaired) electrons. The highest BCUT2D eigenvalue weighted by molar-refractivity contribution is 6.34. The van der Waals surface area contributed by atoms with Crippen molar-refractivity contribution in [2.45, 2.75) is 13.1 Å². The van der Waals surface area contributed by atoms with Crippen LogP contribution in [0.2, 0.25) is 10.0 Å². The van der Waals surface area contributed by atoms with Gasteiger partial charge in [0.15, 0.2) is 0 Å². The third-order valence-electron chi connectivity index (χ3n) is 4.28. The van der Waals surface area contributed by atoms with Gasteiger partial charge in [0.05, 0.1) is 21.2 Å². The summed E-state index contributed by atoms with van der Waals surface area (Å²) in [6.07, 6.45) is 0. The van der Waals surface area contributed by atoms with E-state index in [1.54, 1.807) is 24.3 Å². The van der Waals surface area contributed by atoms with Gasteiger partial charge in [-0.25, -0.2) is 8.78 Å². The largest absolute Gasteiger partial charge is 0.348 e. The molecule has 0 fully saturated rings. The molecule has 3 aromatic rings. The van der Waals surface area contributed by atoms with Gasteiger partial charge in [-0.1, -0.05) is 59.6 Å². The minimum absolute atomic E-state index is 0.0239. The van der Waals surface area contributed by atoms with E-state index in [1.807, 2.05) is 0 Å². The van der Waals surface area contributed by atoms with E-state index in [4.69, 9.17) is 23.2 Å². The molecule has 0 aliphatic carbocycles. The number of carbonyl (C=O) groups excluding carboxylic acids is 2. The molecular formula is C22H16Cl2F2N2O2. The molecule has 8 heteroatoms. The quantitative estimate of drug-likeness (QED) is 0.548. The summed E-state index contributed by atoms with van der Waals surface area (Å²) in [5, 5.41) is 5.27. The molecule has 0 aliphatic heterocycles. The van der Waals surface area contributed by atoms with E-state index < -0.39 is 23.4 Å². The van der Waals surface area contributed by atoms with Crippen molar-refractivity contribution in [1.82, 2.24) is 10.6 Å². The molecule has 0 saturated heterocycles. The van der Waals surface area contributed by atoms with E-state index in [-0.39, 0.29) is 34.3 Å². The maximum Gasteiger partial charge on any atom is 0.256 e. The zero-order valence-corrected chi connectivity index (χ0v) is 17.0. The SMILES string of the molecule is O=C(NCc1cccc(CNC(=O)c2c(F)cccc2Cl)c1)c1c(F)cccc1Cl. The molecule has 30 heavy (non-hydrogen) atoms. The Morgan fingerprint density at radius 2 is 1.10 bits per heavy atom. The fraction of sp³-hybridized carbons (Fsp3) is 0.0909. The summed E-state index contributed by atoms with van der Waals surface area (Å²) in [6.45, 7) is 0.259. The van der Waals surface area contributed by atoms with Crippen LogP contribution in [0, 0.1) is 11.6 Å². The number of carbonyl (C=O) groups is 2. The van der Waals surface area contributed by atoms with Crippen molar-refractivity contribution in [1.29, 1.82) is 0 Å². The highest BCUT2D eigenvalue weighted by atomic mass is 35.5. The highest BCUT2D eigenvalue weighted by Gasteiger charge is 2.16. The molecule has 154 valence electrons. The molecule has 3 aromatic carbocycles. The van der Waals surface area contributed by atoms with Crippen LogP contribution in [0.4, 0.5) is 8.78 Å². The van der Waals surface area contributed by atoms with Crippen LogP contribution in [-0.2, 0) is 13.1 Å². The van der Waals surface area contributed by atoms with Crippen molar-refractivity contribution < 1.29 is 18.4 Å². The van der Waals surface area contributed by atoms with Crippen molar-refractivity contribution in [2.24, 2.45) is 0 Å². The summed E-state index contributed by atoms with van der Waals surface area (Å²) in [4.78, 5) is 24.5. The normalized spacial score (nSPS) is 10.5. The highest BCUT2D eigenvalue weighted by Crippen LogP contribution is 2.20. The number of amides is 2. The van der Waals surface area contributed by atoms with Crippen LogP contribution < -0.4 is 10.6 Å². The summed E-state index contributed by atoms with van der Waals surface area (Å²) >= 11 is 11.8. The van der Waals surface area contributed by atoms with E-state index in [1.165, 1.54) is 24.3 Å². The lowest BCUT2D eigenvalue weighted by Crippen LogP contribution is -2.25. The van der Waals surface area contributed by atoms with E-state index >= 15 is 0 Å². The van der Waals surface area contributed by atoms with Crippen LogP contribution in [0.25, 0.3) is 0 Å². The zero-order valence-electron chi connectivity index (χ0n) is 15.5. The summed E-state index contributed by atoms with van der Waals surface area (Å²) < 4.78 is 27.7. The Balaban J connectivity index is 1.62. The van der Waals surface area contributed by atoms with E-state index in [9.17, 15) is 18.4 Å². The van der Waals surface area contributed by atoms with Crippen LogP contribution in [0.5, 0.6) is 0 Å². The first-order chi connectivity index (χ1) is 14.4. The second kappa shape index (κ2) is 9.69. The number of rotatable bonds is 6. The molecule has 0 saturated carbocycles. The Bertz CT molecular complexity index is 983. The Hall–Kier alpha value is -2.96. The average molecular weight is 449 g/mol. The van der Waals surface area contributed by atoms with Crippen LogP contribution in [0.1, 0.15) is 31.8 Å². The minimum atomic E-state index is -0.705. The van der Waals surface area contributed by atoms with Gasteiger partial charge in [0, 0.05) is 13.1 Å². The van der Waals surface area contributed by atoms with E-state index in [0.717, 1.165) is 23.3 Å². The Morgan fingerprint density at radius 3 is 1.50 bits per heavy atom. The third-order valence-corrected chi connectivity index (χ3v) is 4.91. The second-order valence-corrected chi connectivity index (χ2v) is 7.19. The zero-order chi connectivity index (χ0) is 21.7. The molecule has 4 nitrogen and oxygen atoms in total. The molecule has 0 bridgehead atoms. The molecule has 3 rings (SSSR count). The summed E-state index contributed by atoms with van der Waals surface area (Å²) in [7, 11) is 0. The molecule has 2 N–H and O–H groups in total. The smallest absolute Gasteiger partial charge is 0.256 e. The topological polar surface area (TPSA) is 58.2 Å². The van der Waals surface area contributed by atoms with Crippen molar-refractivity contribution >= 4 is 35.0 Å². The van der Waals surface area contributed by atoms with Crippen molar-refractivity contribution in [2.75, 3.05) is 0 Å². The average Bonchev–Trinajstić information content (AvgIpc) is 2.71. The number of nitrogens with one attached hydrogen (secondary N) is 2. The van der Waals surface area contributed by atoms with E-state index in [0.29, 0.717) is 0 Å². The molecular weight excluding hydrogens is 433 g/mol. The minimum Gasteiger partial charge on any atom is -0.348 e. The lowest BCUT2D eigenvalue weighted by molar-refractivity contribution is 0.0939. The number of hydrogen-bond donors (Lipinski definition) is 2. The molecule has 2 amide bonds. The predicted octanol–water partition coefficient (Wildman–Crippen LogP) is 5.13. The van der Waals surface area contributed by atoms with Crippen LogP contribution >= 0.6 is 23.2 Å². The molecule has 0 unspecified atom stereocenters. The molecule has 0 aromatic heterocycles. The molecule has 0 aliphatic rings. The standard InChI is InChI=1S/C22H16Cl2F2N2O2/c23-15-6-2-8-17(25)19(15)21(29)27-11-13-4-1-5-14(10-13)12-28-22(30)20-16(24)7-3-9-18(20)26/h1-10H,11-12H2,(H,27,29)(H,28,30). The van der Waals surface area contributed by atoms with Gasteiger partial charge in [0.25, 0.3) is 11.8 Å². The number of benzene rings is 3. The Kier molecular flexibility index (Phi) is 7.03. The number of hydrogen-bond acceptors (Lipinski definition) is 2. The monoisotopic (exact) mass is 448 g/mol. The first-order valence-electron chi connectivity index (χ1n) is 8.89. The van der Waals surface area contributed by atoms with Crippen LogP contribution in [-0.4, -0.2) is 11.8 Å². The van der Waals surface area contributed by atoms with Gasteiger partial charge in [0.2, 0.25) is 0 Å². The maximum absolute atomic E-state index is 13.8. The van der Waals surface area contributed by atoms with Gasteiger partial charge in [-0.15, -0.1) is 0 Å². The van der Waals surface area contributed by atoms with Gasteiger partial charge < -0.3 is 10.6 Å². The first kappa shape index (κ1) is 21.7. The van der Waals surface area contributed by atoms with Crippen molar-refractivity contribution in [3.63, 3.8) is 0 Å². The van der Waals surface area contributed by atoms with Gasteiger partial charge in [-0.05, 0) is 35.4 Å². The fourth-order valence-corrected chi connectivity index (χ4v) is 3.32. The second-order valence-electron chi connectivity index (χ2n) is 6.38. The third kappa shape index (κ3) is 5.14. The fourth-order valence-electron chi connectivity index (χ4n) is 2.82. The summed E-state index contributed by atoms with van der Waals surface area (Å²) in [5.74, 6) is -2.68. The van der Waals surface area contributed by atoms with Gasteiger partial charge in [-0.3, -0.25) is 9.59 Å². The van der Waals surface area contributed by atoms with Crippen LogP contribution in [0.15, 0.2) is 60.7 Å². The Morgan fingerprint density at radius 1 is 0.700 bits per heavy atom. The van der Waals surface area contributed by atoms with E-state index in [2.05, 4.69) is 10.6 Å². The van der Waals surface area contributed by atoms with Crippen molar-refractivity contribution in [3.8, 4) is 0 Å². The summed E-state index contributed by atoms with van der Waals surface area (Å²) in [5.41, 5.74) is 1.02. The molecule has 0 atom stereocenters. The van der Waals surface area contributed by atoms with Crippen LogP contribution in [0.3, 0.4) is 0 Å². The first-order valence-corrected chi connectivity index (χ1v) is 9.64. The van der Waals surface area contributed by atoms with Crippen molar-refractivity contribution in [3.05, 3.63) is 105 Å². The lowest BCUT2D eigenvalue weighted by Gasteiger charge is -2.10. The lowest BCUT2D eigenvalue weighted by atomic mass is 10.1. The number of halogens is 4. The summed E-state index contributed by atoms with van der Waals surface area (Å²) in [6, 6.07) is 15.1. The van der Waals surface area contributed by atoms with Gasteiger partial charge >= 0.3 is 0 Å². The van der Waals surface area contributed by atoms with Gasteiger partial charge in [-0.2, -0.15) is 0 Å². The molecule has 0 spiro atoms. The maximum atomic E-state index is 13.8. The Labute approximate surface area is 181 Å².